The Labute approximate surface area is 142 Å². The van der Waals surface area contributed by atoms with Crippen molar-refractivity contribution < 1.29 is 19.1 Å². The number of cyclic esters (lactones) is 1. The number of benzene rings is 1. The summed E-state index contributed by atoms with van der Waals surface area (Å²) in [5, 5.41) is 0.869. The van der Waals surface area contributed by atoms with E-state index >= 15 is 0 Å². The molecule has 0 aliphatic carbocycles. The summed E-state index contributed by atoms with van der Waals surface area (Å²) in [6, 6.07) is 7.49. The maximum atomic E-state index is 12.7. The maximum Gasteiger partial charge on any atom is 0.419 e. The van der Waals surface area contributed by atoms with E-state index in [1.54, 1.807) is 0 Å². The molecule has 0 radical (unpaired) electrons. The van der Waals surface area contributed by atoms with Gasteiger partial charge in [-0.15, -0.1) is 0 Å². The first-order chi connectivity index (χ1) is 10.8. The van der Waals surface area contributed by atoms with E-state index in [-0.39, 0.29) is 5.97 Å². The monoisotopic (exact) mass is 379 g/mol. The number of aromatic nitrogens is 1. The molecular weight excluding hydrogens is 362 g/mol. The van der Waals surface area contributed by atoms with Crippen LogP contribution in [-0.4, -0.2) is 28.8 Å². The molecule has 2 heterocycles. The molecule has 1 aliphatic heterocycles. The second kappa shape index (κ2) is 5.67. The summed E-state index contributed by atoms with van der Waals surface area (Å²) in [5.41, 5.74) is 0.689. The molecule has 6 heteroatoms. The molecule has 2 aromatic rings. The third-order valence-electron chi connectivity index (χ3n) is 3.69. The lowest BCUT2D eigenvalue weighted by atomic mass is 10.0. The molecule has 0 N–H and O–H groups in total. The number of nitrogens with zero attached hydrogens (tertiary/aromatic N) is 1. The molecule has 122 valence electrons. The van der Waals surface area contributed by atoms with Gasteiger partial charge in [0.1, 0.15) is 11.5 Å². The molecule has 0 spiro atoms. The minimum atomic E-state index is -0.623. The molecule has 1 aromatic carbocycles. The van der Waals surface area contributed by atoms with Gasteiger partial charge in [-0.05, 0) is 42.8 Å². The number of carbonyl (C=O) groups excluding carboxylic acids is 2. The lowest BCUT2D eigenvalue weighted by Crippen LogP contribution is -2.29. The fourth-order valence-corrected chi connectivity index (χ4v) is 3.57. The first kappa shape index (κ1) is 16.1. The number of carbonyl (C=O) groups is 2. The fraction of sp³-hybridized carbons (Fsp3) is 0.412. The molecule has 1 fully saturated rings. The van der Waals surface area contributed by atoms with E-state index in [1.807, 2.05) is 45.0 Å². The molecule has 1 aromatic heterocycles. The summed E-state index contributed by atoms with van der Waals surface area (Å²) in [6.45, 7) is 5.81. The standard InChI is InChI=1S/C17H18BrNO4/c1-17(2,3)23-16(21)19-12-7-5-4-6-10(12)13(18)14(19)11-8-9-22-15(11)20/h4-7,11H,8-9H2,1-3H3/t11-/m1/s1. The fourth-order valence-electron chi connectivity index (χ4n) is 2.78. The van der Waals surface area contributed by atoms with Crippen LogP contribution in [0.2, 0.25) is 0 Å². The van der Waals surface area contributed by atoms with Gasteiger partial charge in [0.15, 0.2) is 0 Å². The van der Waals surface area contributed by atoms with Crippen molar-refractivity contribution in [2.24, 2.45) is 0 Å². The molecule has 3 rings (SSSR count). The molecule has 1 aliphatic rings. The zero-order valence-corrected chi connectivity index (χ0v) is 14.8. The van der Waals surface area contributed by atoms with E-state index in [0.717, 1.165) is 9.86 Å². The van der Waals surface area contributed by atoms with Crippen molar-refractivity contribution in [1.29, 1.82) is 0 Å². The SMILES string of the molecule is CC(C)(C)OC(=O)n1c([C@H]2CCOC2=O)c(Br)c2ccccc21. The highest BCUT2D eigenvalue weighted by Gasteiger charge is 2.36. The van der Waals surface area contributed by atoms with Gasteiger partial charge < -0.3 is 9.47 Å². The van der Waals surface area contributed by atoms with E-state index in [1.165, 1.54) is 4.57 Å². The van der Waals surface area contributed by atoms with Crippen LogP contribution in [0.25, 0.3) is 10.9 Å². The molecule has 1 saturated heterocycles. The number of rotatable bonds is 1. The predicted octanol–water partition coefficient (Wildman–Crippen LogP) is 4.22. The third-order valence-corrected chi connectivity index (χ3v) is 4.52. The minimum absolute atomic E-state index is 0.307. The first-order valence-electron chi connectivity index (χ1n) is 7.48. The molecule has 0 amide bonds. The Bertz CT molecular complexity index is 788. The van der Waals surface area contributed by atoms with E-state index in [0.29, 0.717) is 24.2 Å². The smallest absolute Gasteiger partial charge is 0.419 e. The minimum Gasteiger partial charge on any atom is -0.465 e. The Morgan fingerprint density at radius 2 is 2.04 bits per heavy atom. The average molecular weight is 380 g/mol. The Morgan fingerprint density at radius 3 is 2.65 bits per heavy atom. The molecule has 0 unspecified atom stereocenters. The number of halogens is 1. The van der Waals surface area contributed by atoms with Crippen LogP contribution in [0.4, 0.5) is 4.79 Å². The highest BCUT2D eigenvalue weighted by Crippen LogP contribution is 2.39. The van der Waals surface area contributed by atoms with Crippen molar-refractivity contribution >= 4 is 38.9 Å². The third kappa shape index (κ3) is 2.87. The van der Waals surface area contributed by atoms with E-state index < -0.39 is 17.6 Å². The molecule has 23 heavy (non-hydrogen) atoms. The number of para-hydroxylation sites is 1. The lowest BCUT2D eigenvalue weighted by Gasteiger charge is -2.21. The summed E-state index contributed by atoms with van der Waals surface area (Å²) in [7, 11) is 0. The number of hydrogen-bond acceptors (Lipinski definition) is 4. The molecule has 1 atom stereocenters. The predicted molar refractivity (Wildman–Crippen MR) is 89.6 cm³/mol. The number of ether oxygens (including phenoxy) is 2. The van der Waals surface area contributed by atoms with E-state index in [9.17, 15) is 9.59 Å². The largest absolute Gasteiger partial charge is 0.465 e. The van der Waals surface area contributed by atoms with Crippen LogP contribution in [0.5, 0.6) is 0 Å². The second-order valence-electron chi connectivity index (χ2n) is 6.54. The van der Waals surface area contributed by atoms with E-state index in [4.69, 9.17) is 9.47 Å². The Morgan fingerprint density at radius 1 is 1.35 bits per heavy atom. The normalized spacial score (nSPS) is 18.3. The Hall–Kier alpha value is -1.82. The van der Waals surface area contributed by atoms with Gasteiger partial charge in [-0.3, -0.25) is 4.79 Å². The van der Waals surface area contributed by atoms with Crippen LogP contribution >= 0.6 is 15.9 Å². The Kier molecular flexibility index (Phi) is 3.96. The van der Waals surface area contributed by atoms with Gasteiger partial charge in [-0.25, -0.2) is 9.36 Å². The zero-order valence-electron chi connectivity index (χ0n) is 13.3. The highest BCUT2D eigenvalue weighted by atomic mass is 79.9. The summed E-state index contributed by atoms with van der Waals surface area (Å²) in [6.07, 6.45) is 0.0606. The summed E-state index contributed by atoms with van der Waals surface area (Å²) < 4.78 is 12.8. The van der Waals surface area contributed by atoms with Crippen LogP contribution < -0.4 is 0 Å². The van der Waals surface area contributed by atoms with Gasteiger partial charge in [0.25, 0.3) is 0 Å². The van der Waals surface area contributed by atoms with Crippen LogP contribution in [0.3, 0.4) is 0 Å². The summed E-state index contributed by atoms with van der Waals surface area (Å²) in [5.74, 6) is -0.775. The molecule has 5 nitrogen and oxygen atoms in total. The topological polar surface area (TPSA) is 57.5 Å². The van der Waals surface area contributed by atoms with Crippen LogP contribution in [0.1, 0.15) is 38.8 Å². The van der Waals surface area contributed by atoms with Crippen LogP contribution in [-0.2, 0) is 14.3 Å². The maximum absolute atomic E-state index is 12.7. The number of hydrogen-bond donors (Lipinski definition) is 0. The van der Waals surface area contributed by atoms with Gasteiger partial charge in [0.2, 0.25) is 0 Å². The highest BCUT2D eigenvalue weighted by molar-refractivity contribution is 9.10. The quantitative estimate of drug-likeness (QED) is 0.696. The van der Waals surface area contributed by atoms with Crippen molar-refractivity contribution in [2.75, 3.05) is 6.61 Å². The van der Waals surface area contributed by atoms with Gasteiger partial charge >= 0.3 is 12.1 Å². The number of fused-ring (bicyclic) bond motifs is 1. The van der Waals surface area contributed by atoms with Gasteiger partial charge in [0.05, 0.1) is 17.8 Å². The molecule has 0 bridgehead atoms. The second-order valence-corrected chi connectivity index (χ2v) is 7.33. The van der Waals surface area contributed by atoms with Crippen molar-refractivity contribution in [3.63, 3.8) is 0 Å². The van der Waals surface area contributed by atoms with Gasteiger partial charge in [-0.1, -0.05) is 18.2 Å². The lowest BCUT2D eigenvalue weighted by molar-refractivity contribution is -0.139. The molecule has 0 saturated carbocycles. The van der Waals surface area contributed by atoms with Crippen LogP contribution in [0, 0.1) is 0 Å². The van der Waals surface area contributed by atoms with Crippen molar-refractivity contribution in [3.05, 3.63) is 34.4 Å². The van der Waals surface area contributed by atoms with Crippen molar-refractivity contribution in [3.8, 4) is 0 Å². The van der Waals surface area contributed by atoms with E-state index in [2.05, 4.69) is 15.9 Å². The average Bonchev–Trinajstić information content (AvgIpc) is 2.99. The van der Waals surface area contributed by atoms with Gasteiger partial charge in [-0.2, -0.15) is 0 Å². The van der Waals surface area contributed by atoms with Crippen LogP contribution in [0.15, 0.2) is 28.7 Å². The van der Waals surface area contributed by atoms with Crippen molar-refractivity contribution in [1.82, 2.24) is 4.57 Å². The van der Waals surface area contributed by atoms with Crippen molar-refractivity contribution in [2.45, 2.75) is 38.7 Å². The summed E-state index contributed by atoms with van der Waals surface area (Å²) >= 11 is 3.55. The number of esters is 1. The first-order valence-corrected chi connectivity index (χ1v) is 8.28. The zero-order chi connectivity index (χ0) is 16.8. The summed E-state index contributed by atoms with van der Waals surface area (Å²) in [4.78, 5) is 24.8. The Balaban J connectivity index is 2.21. The molecular formula is C17H18BrNO4. The van der Waals surface area contributed by atoms with Gasteiger partial charge in [0, 0.05) is 16.3 Å².